The highest BCUT2D eigenvalue weighted by Crippen LogP contribution is 2.26. The lowest BCUT2D eigenvalue weighted by atomic mass is 10.3. The number of hydrazine groups is 1. The SMILES string of the molecule is NNC(=O)CCCSc1ccc(F)cc1N. The topological polar surface area (TPSA) is 81.1 Å². The van der Waals surface area contributed by atoms with Crippen LogP contribution in [0.2, 0.25) is 0 Å². The van der Waals surface area contributed by atoms with Crippen molar-refractivity contribution < 1.29 is 9.18 Å². The predicted octanol–water partition coefficient (Wildman–Crippen LogP) is 1.27. The number of hydrogen-bond donors (Lipinski definition) is 3. The number of benzene rings is 1. The van der Waals surface area contributed by atoms with Crippen LogP contribution in [0.4, 0.5) is 10.1 Å². The zero-order valence-electron chi connectivity index (χ0n) is 8.70. The number of hydrogen-bond acceptors (Lipinski definition) is 4. The number of nitrogens with two attached hydrogens (primary N) is 2. The zero-order chi connectivity index (χ0) is 12.0. The van der Waals surface area contributed by atoms with E-state index in [1.54, 1.807) is 6.07 Å². The Labute approximate surface area is 97.5 Å². The normalized spacial score (nSPS) is 10.1. The molecule has 0 saturated heterocycles. The maximum absolute atomic E-state index is 12.7. The Kier molecular flexibility index (Phi) is 5.07. The number of carbonyl (C=O) groups excluding carboxylic acids is 1. The van der Waals surface area contributed by atoms with Crippen LogP contribution in [0.15, 0.2) is 23.1 Å². The minimum absolute atomic E-state index is 0.187. The number of nitrogens with one attached hydrogen (secondary N) is 1. The smallest absolute Gasteiger partial charge is 0.233 e. The van der Waals surface area contributed by atoms with Crippen molar-refractivity contribution in [1.82, 2.24) is 5.43 Å². The lowest BCUT2D eigenvalue weighted by molar-refractivity contribution is -0.121. The maximum Gasteiger partial charge on any atom is 0.233 e. The molecule has 0 saturated carbocycles. The molecule has 0 radical (unpaired) electrons. The first-order valence-corrected chi connectivity index (χ1v) is 5.79. The minimum atomic E-state index is -0.343. The Bertz CT molecular complexity index is 373. The summed E-state index contributed by atoms with van der Waals surface area (Å²) >= 11 is 1.50. The van der Waals surface area contributed by atoms with Crippen molar-refractivity contribution in [1.29, 1.82) is 0 Å². The van der Waals surface area contributed by atoms with Crippen LogP contribution in [-0.2, 0) is 4.79 Å². The van der Waals surface area contributed by atoms with E-state index in [0.29, 0.717) is 18.5 Å². The van der Waals surface area contributed by atoms with Gasteiger partial charge in [0, 0.05) is 17.0 Å². The van der Waals surface area contributed by atoms with Gasteiger partial charge >= 0.3 is 0 Å². The van der Waals surface area contributed by atoms with Crippen LogP contribution in [0.5, 0.6) is 0 Å². The summed E-state index contributed by atoms with van der Waals surface area (Å²) in [6.45, 7) is 0. The van der Waals surface area contributed by atoms with Crippen molar-refractivity contribution in [2.75, 3.05) is 11.5 Å². The highest BCUT2D eigenvalue weighted by atomic mass is 32.2. The second kappa shape index (κ2) is 6.34. The van der Waals surface area contributed by atoms with Crippen molar-refractivity contribution in [3.63, 3.8) is 0 Å². The van der Waals surface area contributed by atoms with Gasteiger partial charge in [0.1, 0.15) is 5.82 Å². The van der Waals surface area contributed by atoms with Crippen LogP contribution in [-0.4, -0.2) is 11.7 Å². The molecule has 0 spiro atoms. The summed E-state index contributed by atoms with van der Waals surface area (Å²) in [4.78, 5) is 11.6. The molecule has 0 bridgehead atoms. The molecule has 1 rings (SSSR count). The molecule has 1 amide bonds. The van der Waals surface area contributed by atoms with Gasteiger partial charge in [-0.2, -0.15) is 0 Å². The van der Waals surface area contributed by atoms with Gasteiger partial charge in [0.25, 0.3) is 0 Å². The Hall–Kier alpha value is -1.27. The van der Waals surface area contributed by atoms with E-state index in [1.807, 2.05) is 0 Å². The second-order valence-electron chi connectivity index (χ2n) is 3.20. The number of halogens is 1. The van der Waals surface area contributed by atoms with Gasteiger partial charge in [0.15, 0.2) is 0 Å². The van der Waals surface area contributed by atoms with Gasteiger partial charge in [-0.05, 0) is 30.4 Å². The van der Waals surface area contributed by atoms with Gasteiger partial charge in [-0.3, -0.25) is 10.2 Å². The molecule has 0 atom stereocenters. The maximum atomic E-state index is 12.7. The van der Waals surface area contributed by atoms with Gasteiger partial charge in [-0.25, -0.2) is 10.2 Å². The molecule has 6 heteroatoms. The van der Waals surface area contributed by atoms with Crippen molar-refractivity contribution >= 4 is 23.4 Å². The highest BCUT2D eigenvalue weighted by molar-refractivity contribution is 7.99. The van der Waals surface area contributed by atoms with Crippen molar-refractivity contribution in [2.45, 2.75) is 17.7 Å². The van der Waals surface area contributed by atoms with Crippen molar-refractivity contribution in [3.8, 4) is 0 Å². The molecule has 0 heterocycles. The van der Waals surface area contributed by atoms with Gasteiger partial charge in [-0.15, -0.1) is 11.8 Å². The van der Waals surface area contributed by atoms with E-state index < -0.39 is 0 Å². The number of thioether (sulfide) groups is 1. The second-order valence-corrected chi connectivity index (χ2v) is 4.34. The van der Waals surface area contributed by atoms with Crippen LogP contribution in [0.1, 0.15) is 12.8 Å². The Balaban J connectivity index is 2.35. The summed E-state index contributed by atoms with van der Waals surface area (Å²) < 4.78 is 12.7. The van der Waals surface area contributed by atoms with Gasteiger partial charge < -0.3 is 5.73 Å². The molecular formula is C10H14FN3OS. The lowest BCUT2D eigenvalue weighted by Gasteiger charge is -2.04. The Morgan fingerprint density at radius 3 is 2.88 bits per heavy atom. The average Bonchev–Trinajstić information content (AvgIpc) is 2.26. The molecule has 1 aromatic rings. The van der Waals surface area contributed by atoms with Gasteiger partial charge in [0.05, 0.1) is 0 Å². The molecule has 88 valence electrons. The van der Waals surface area contributed by atoms with Crippen LogP contribution in [0.3, 0.4) is 0 Å². The monoisotopic (exact) mass is 243 g/mol. The molecule has 1 aromatic carbocycles. The molecular weight excluding hydrogens is 229 g/mol. The summed E-state index contributed by atoms with van der Waals surface area (Å²) in [5, 5.41) is 0. The number of carbonyl (C=O) groups is 1. The fraction of sp³-hybridized carbons (Fsp3) is 0.300. The zero-order valence-corrected chi connectivity index (χ0v) is 9.52. The van der Waals surface area contributed by atoms with Crippen LogP contribution >= 0.6 is 11.8 Å². The van der Waals surface area contributed by atoms with E-state index in [-0.39, 0.29) is 11.7 Å². The van der Waals surface area contributed by atoms with E-state index in [4.69, 9.17) is 11.6 Å². The van der Waals surface area contributed by atoms with Crippen LogP contribution in [0, 0.1) is 5.82 Å². The summed E-state index contributed by atoms with van der Waals surface area (Å²) in [6.07, 6.45) is 1.08. The molecule has 0 unspecified atom stereocenters. The van der Waals surface area contributed by atoms with E-state index in [2.05, 4.69) is 5.43 Å². The number of rotatable bonds is 5. The number of amides is 1. The quantitative estimate of drug-likeness (QED) is 0.182. The summed E-state index contributed by atoms with van der Waals surface area (Å²) in [5.74, 6) is 5.15. The fourth-order valence-electron chi connectivity index (χ4n) is 1.14. The molecule has 16 heavy (non-hydrogen) atoms. The molecule has 0 aliphatic heterocycles. The largest absolute Gasteiger partial charge is 0.398 e. The number of nitrogen functional groups attached to an aromatic ring is 1. The first-order valence-electron chi connectivity index (χ1n) is 4.80. The van der Waals surface area contributed by atoms with Crippen LogP contribution < -0.4 is 17.0 Å². The van der Waals surface area contributed by atoms with Crippen LogP contribution in [0.25, 0.3) is 0 Å². The van der Waals surface area contributed by atoms with Gasteiger partial charge in [0.2, 0.25) is 5.91 Å². The molecule has 0 aromatic heterocycles. The predicted molar refractivity (Wildman–Crippen MR) is 63.1 cm³/mol. The first-order chi connectivity index (χ1) is 7.63. The Morgan fingerprint density at radius 2 is 2.25 bits per heavy atom. The Morgan fingerprint density at radius 1 is 1.50 bits per heavy atom. The third kappa shape index (κ3) is 4.08. The molecule has 4 nitrogen and oxygen atoms in total. The van der Waals surface area contributed by atoms with E-state index in [9.17, 15) is 9.18 Å². The van der Waals surface area contributed by atoms with Crippen molar-refractivity contribution in [3.05, 3.63) is 24.0 Å². The summed E-state index contributed by atoms with van der Waals surface area (Å²) in [5.41, 5.74) is 8.11. The van der Waals surface area contributed by atoms with Crippen molar-refractivity contribution in [2.24, 2.45) is 5.84 Å². The summed E-state index contributed by atoms with van der Waals surface area (Å²) in [6, 6.07) is 4.29. The van der Waals surface area contributed by atoms with E-state index >= 15 is 0 Å². The lowest BCUT2D eigenvalue weighted by Crippen LogP contribution is -2.29. The number of anilines is 1. The average molecular weight is 243 g/mol. The molecule has 0 aliphatic carbocycles. The van der Waals surface area contributed by atoms with E-state index in [1.165, 1.54) is 23.9 Å². The fourth-order valence-corrected chi connectivity index (χ4v) is 2.04. The first kappa shape index (κ1) is 12.8. The van der Waals surface area contributed by atoms with E-state index in [0.717, 1.165) is 10.6 Å². The molecule has 0 fully saturated rings. The third-order valence-corrected chi connectivity index (χ3v) is 3.11. The minimum Gasteiger partial charge on any atom is -0.398 e. The molecule has 0 aliphatic rings. The highest BCUT2D eigenvalue weighted by Gasteiger charge is 2.02. The third-order valence-electron chi connectivity index (χ3n) is 1.94. The molecule has 5 N–H and O–H groups in total. The van der Waals surface area contributed by atoms with Gasteiger partial charge in [-0.1, -0.05) is 0 Å². The standard InChI is InChI=1S/C10H14FN3OS/c11-7-3-4-9(8(12)6-7)16-5-1-2-10(15)14-13/h3-4,6H,1-2,5,12-13H2,(H,14,15). The summed E-state index contributed by atoms with van der Waals surface area (Å²) in [7, 11) is 0.